The molecule has 0 bridgehead atoms. The van der Waals surface area contributed by atoms with Crippen LogP contribution in [0.2, 0.25) is 0 Å². The summed E-state index contributed by atoms with van der Waals surface area (Å²) < 4.78 is -0.186. The van der Waals surface area contributed by atoms with Crippen molar-refractivity contribution in [2.45, 2.75) is 38.4 Å². The van der Waals surface area contributed by atoms with E-state index in [2.05, 4.69) is 17.1 Å². The standard InChI is InChI=1S/C10H19N3OS/c1-5-6-7-11-9-13(4)8(12-14)10(2,3)15-9/h14H,5-7H2,1-4H3. The summed E-state index contributed by atoms with van der Waals surface area (Å²) in [5.41, 5.74) is 0. The third-order valence-corrected chi connectivity index (χ3v) is 3.62. The lowest BCUT2D eigenvalue weighted by Gasteiger charge is -2.16. The van der Waals surface area contributed by atoms with Gasteiger partial charge in [0.05, 0.1) is 4.75 Å². The average molecular weight is 229 g/mol. The quantitative estimate of drug-likeness (QED) is 0.459. The summed E-state index contributed by atoms with van der Waals surface area (Å²) in [5, 5.41) is 13.2. The summed E-state index contributed by atoms with van der Waals surface area (Å²) in [6, 6.07) is 0. The molecule has 1 aliphatic rings. The molecular formula is C10H19N3OS. The minimum absolute atomic E-state index is 0.186. The molecule has 5 heteroatoms. The predicted molar refractivity (Wildman–Crippen MR) is 65.9 cm³/mol. The van der Waals surface area contributed by atoms with Gasteiger partial charge in [-0.15, -0.1) is 0 Å². The second-order valence-electron chi connectivity index (χ2n) is 4.11. The van der Waals surface area contributed by atoms with Crippen molar-refractivity contribution in [3.63, 3.8) is 0 Å². The number of rotatable bonds is 3. The Kier molecular flexibility index (Phi) is 4.02. The Hall–Kier alpha value is -0.710. The molecule has 0 aromatic heterocycles. The topological polar surface area (TPSA) is 48.2 Å². The van der Waals surface area contributed by atoms with Gasteiger partial charge in [0, 0.05) is 13.6 Å². The Bertz CT molecular complexity index is 286. The lowest BCUT2D eigenvalue weighted by molar-refractivity contribution is 0.310. The molecular weight excluding hydrogens is 210 g/mol. The Morgan fingerprint density at radius 1 is 1.47 bits per heavy atom. The van der Waals surface area contributed by atoms with Gasteiger partial charge in [-0.25, -0.2) is 0 Å². The van der Waals surface area contributed by atoms with Crippen molar-refractivity contribution >= 4 is 22.8 Å². The normalized spacial score (nSPS) is 25.5. The molecule has 0 radical (unpaired) electrons. The first kappa shape index (κ1) is 12.4. The first-order chi connectivity index (χ1) is 7.03. The van der Waals surface area contributed by atoms with Crippen molar-refractivity contribution in [1.29, 1.82) is 0 Å². The van der Waals surface area contributed by atoms with E-state index >= 15 is 0 Å². The molecule has 1 heterocycles. The molecule has 15 heavy (non-hydrogen) atoms. The van der Waals surface area contributed by atoms with Crippen molar-refractivity contribution in [3.05, 3.63) is 0 Å². The van der Waals surface area contributed by atoms with E-state index in [9.17, 15) is 0 Å². The average Bonchev–Trinajstić information content (AvgIpc) is 2.37. The van der Waals surface area contributed by atoms with E-state index in [1.54, 1.807) is 11.8 Å². The molecule has 0 aromatic carbocycles. The smallest absolute Gasteiger partial charge is 0.166 e. The third kappa shape index (κ3) is 2.65. The minimum atomic E-state index is -0.186. The number of amidine groups is 2. The molecule has 0 aliphatic carbocycles. The number of unbranched alkanes of at least 4 members (excludes halogenated alkanes) is 1. The van der Waals surface area contributed by atoms with Crippen LogP contribution in [0.25, 0.3) is 0 Å². The van der Waals surface area contributed by atoms with E-state index in [1.807, 2.05) is 25.8 Å². The van der Waals surface area contributed by atoms with Gasteiger partial charge in [-0.1, -0.05) is 30.3 Å². The zero-order valence-electron chi connectivity index (χ0n) is 9.82. The van der Waals surface area contributed by atoms with Crippen LogP contribution in [-0.2, 0) is 0 Å². The number of hydrogen-bond acceptors (Lipinski definition) is 4. The molecule has 0 saturated carbocycles. The van der Waals surface area contributed by atoms with Gasteiger partial charge in [-0.05, 0) is 20.3 Å². The third-order valence-electron chi connectivity index (χ3n) is 2.34. The highest BCUT2D eigenvalue weighted by Gasteiger charge is 2.40. The second kappa shape index (κ2) is 4.88. The summed E-state index contributed by atoms with van der Waals surface area (Å²) in [6.45, 7) is 7.06. The van der Waals surface area contributed by atoms with Gasteiger partial charge in [-0.3, -0.25) is 4.99 Å². The van der Waals surface area contributed by atoms with Gasteiger partial charge in [0.1, 0.15) is 0 Å². The monoisotopic (exact) mass is 229 g/mol. The summed E-state index contributed by atoms with van der Waals surface area (Å²) in [7, 11) is 1.89. The number of hydrogen-bond donors (Lipinski definition) is 1. The fourth-order valence-corrected chi connectivity index (χ4v) is 2.60. The summed E-state index contributed by atoms with van der Waals surface area (Å²) >= 11 is 1.64. The van der Waals surface area contributed by atoms with Crippen molar-refractivity contribution in [3.8, 4) is 0 Å². The lowest BCUT2D eigenvalue weighted by atomic mass is 10.2. The molecule has 1 aliphatic heterocycles. The van der Waals surface area contributed by atoms with Crippen LogP contribution in [0.5, 0.6) is 0 Å². The molecule has 0 amide bonds. The Labute approximate surface area is 95.4 Å². The highest BCUT2D eigenvalue weighted by atomic mass is 32.2. The van der Waals surface area contributed by atoms with E-state index in [-0.39, 0.29) is 4.75 Å². The second-order valence-corrected chi connectivity index (χ2v) is 5.70. The van der Waals surface area contributed by atoms with Gasteiger partial charge in [0.25, 0.3) is 0 Å². The summed E-state index contributed by atoms with van der Waals surface area (Å²) in [4.78, 5) is 6.36. The van der Waals surface area contributed by atoms with Crippen LogP contribution in [0.4, 0.5) is 0 Å². The first-order valence-corrected chi connectivity index (χ1v) is 6.04. The van der Waals surface area contributed by atoms with E-state index in [4.69, 9.17) is 5.21 Å². The molecule has 1 rings (SSSR count). The summed E-state index contributed by atoms with van der Waals surface area (Å²) in [6.07, 6.45) is 2.25. The molecule has 4 nitrogen and oxygen atoms in total. The van der Waals surface area contributed by atoms with E-state index in [0.717, 1.165) is 24.6 Å². The predicted octanol–water partition coefficient (Wildman–Crippen LogP) is 2.39. The van der Waals surface area contributed by atoms with Crippen molar-refractivity contribution in [2.75, 3.05) is 13.6 Å². The lowest BCUT2D eigenvalue weighted by Crippen LogP contribution is -2.33. The van der Waals surface area contributed by atoms with Crippen LogP contribution in [0, 0.1) is 0 Å². The zero-order valence-corrected chi connectivity index (χ0v) is 10.6. The Morgan fingerprint density at radius 2 is 2.13 bits per heavy atom. The SMILES string of the molecule is CCCCN=C1SC(C)(C)C(=NO)N1C. The molecule has 0 unspecified atom stereocenters. The molecule has 0 spiro atoms. The Morgan fingerprint density at radius 3 is 2.60 bits per heavy atom. The van der Waals surface area contributed by atoms with E-state index in [0.29, 0.717) is 5.84 Å². The van der Waals surface area contributed by atoms with Gasteiger partial charge >= 0.3 is 0 Å². The van der Waals surface area contributed by atoms with Crippen LogP contribution in [0.3, 0.4) is 0 Å². The van der Waals surface area contributed by atoms with Gasteiger partial charge < -0.3 is 10.1 Å². The minimum Gasteiger partial charge on any atom is -0.409 e. The van der Waals surface area contributed by atoms with Crippen LogP contribution >= 0.6 is 11.8 Å². The maximum atomic E-state index is 8.94. The number of nitrogens with zero attached hydrogens (tertiary/aromatic N) is 3. The number of aliphatic imine (C=N–C) groups is 1. The van der Waals surface area contributed by atoms with Crippen molar-refractivity contribution in [2.24, 2.45) is 10.1 Å². The molecule has 1 saturated heterocycles. The molecule has 1 fully saturated rings. The largest absolute Gasteiger partial charge is 0.409 e. The maximum Gasteiger partial charge on any atom is 0.166 e. The van der Waals surface area contributed by atoms with Crippen molar-refractivity contribution in [1.82, 2.24) is 4.90 Å². The van der Waals surface area contributed by atoms with Crippen molar-refractivity contribution < 1.29 is 5.21 Å². The van der Waals surface area contributed by atoms with Gasteiger partial charge in [-0.2, -0.15) is 0 Å². The van der Waals surface area contributed by atoms with Crippen LogP contribution < -0.4 is 0 Å². The number of thioether (sulfide) groups is 1. The van der Waals surface area contributed by atoms with Crippen LogP contribution in [-0.4, -0.2) is 39.4 Å². The molecule has 1 N–H and O–H groups in total. The van der Waals surface area contributed by atoms with Gasteiger partial charge in [0.15, 0.2) is 11.0 Å². The van der Waals surface area contributed by atoms with E-state index in [1.165, 1.54) is 0 Å². The molecule has 0 atom stereocenters. The van der Waals surface area contributed by atoms with Gasteiger partial charge in [0.2, 0.25) is 0 Å². The fraction of sp³-hybridized carbons (Fsp3) is 0.800. The maximum absolute atomic E-state index is 8.94. The first-order valence-electron chi connectivity index (χ1n) is 5.22. The van der Waals surface area contributed by atoms with E-state index < -0.39 is 0 Å². The van der Waals surface area contributed by atoms with Crippen LogP contribution in [0.1, 0.15) is 33.6 Å². The number of oxime groups is 1. The molecule has 86 valence electrons. The molecule has 0 aromatic rings. The highest BCUT2D eigenvalue weighted by Crippen LogP contribution is 2.36. The highest BCUT2D eigenvalue weighted by molar-refractivity contribution is 8.16. The fourth-order valence-electron chi connectivity index (χ4n) is 1.50. The van der Waals surface area contributed by atoms with Crippen LogP contribution in [0.15, 0.2) is 10.1 Å². The Balaban J connectivity index is 2.76. The summed E-state index contributed by atoms with van der Waals surface area (Å²) in [5.74, 6) is 0.669. The zero-order chi connectivity index (χ0) is 11.5.